The number of benzene rings is 1. The van der Waals surface area contributed by atoms with E-state index in [2.05, 4.69) is 45.2 Å². The molecule has 0 saturated carbocycles. The number of hydrogen-bond donors (Lipinski definition) is 0. The van der Waals surface area contributed by atoms with E-state index in [4.69, 9.17) is 0 Å². The molecule has 0 aliphatic carbocycles. The van der Waals surface area contributed by atoms with Gasteiger partial charge in [-0.25, -0.2) is 8.42 Å². The number of halogens is 2. The van der Waals surface area contributed by atoms with Crippen molar-refractivity contribution >= 4 is 55.2 Å². The maximum Gasteiger partial charge on any atom is 0.243 e. The van der Waals surface area contributed by atoms with Crippen LogP contribution in [0.4, 0.5) is 0 Å². The maximum absolute atomic E-state index is 12.8. The Morgan fingerprint density at radius 3 is 2.00 bits per heavy atom. The zero-order valence-electron chi connectivity index (χ0n) is 10.7. The Bertz CT molecular complexity index is 518. The third-order valence-electron chi connectivity index (χ3n) is 3.51. The average Bonchev–Trinajstić information content (AvgIpc) is 2.82. The van der Waals surface area contributed by atoms with Gasteiger partial charge in [0.2, 0.25) is 10.0 Å². The van der Waals surface area contributed by atoms with Crippen molar-refractivity contribution in [1.29, 1.82) is 0 Å². The molecule has 106 valence electrons. The summed E-state index contributed by atoms with van der Waals surface area (Å²) in [4.78, 5) is 0.421. The van der Waals surface area contributed by atoms with E-state index < -0.39 is 10.0 Å². The van der Waals surface area contributed by atoms with Gasteiger partial charge >= 0.3 is 0 Å². The standard InChI is InChI=1S/C13H17I2NO2S/c1-10-2-6-13(7-3-10)19(17,18)16-11(8-14)4-5-12(16)9-15/h2-3,6-7,11-12H,4-5,8-9H2,1H3/t11-,12-/m1/s1. The highest BCUT2D eigenvalue weighted by molar-refractivity contribution is 14.1. The van der Waals surface area contributed by atoms with Crippen LogP contribution in [0.5, 0.6) is 0 Å². The molecule has 6 heteroatoms. The van der Waals surface area contributed by atoms with Crippen molar-refractivity contribution in [3.63, 3.8) is 0 Å². The topological polar surface area (TPSA) is 37.4 Å². The van der Waals surface area contributed by atoms with E-state index in [0.29, 0.717) is 4.90 Å². The average molecular weight is 505 g/mol. The molecule has 0 radical (unpaired) electrons. The van der Waals surface area contributed by atoms with E-state index in [1.807, 2.05) is 19.1 Å². The fourth-order valence-corrected chi connectivity index (χ4v) is 6.58. The second kappa shape index (κ2) is 6.57. The minimum atomic E-state index is -3.35. The number of rotatable bonds is 4. The van der Waals surface area contributed by atoms with Crippen molar-refractivity contribution in [3.05, 3.63) is 29.8 Å². The lowest BCUT2D eigenvalue weighted by Crippen LogP contribution is -2.42. The minimum Gasteiger partial charge on any atom is -0.207 e. The third-order valence-corrected chi connectivity index (χ3v) is 7.56. The second-order valence-corrected chi connectivity index (χ2v) is 8.45. The minimum absolute atomic E-state index is 0.145. The Morgan fingerprint density at radius 2 is 1.58 bits per heavy atom. The van der Waals surface area contributed by atoms with Crippen molar-refractivity contribution in [1.82, 2.24) is 4.31 Å². The van der Waals surface area contributed by atoms with Gasteiger partial charge in [0, 0.05) is 20.9 Å². The largest absolute Gasteiger partial charge is 0.243 e. The quantitative estimate of drug-likeness (QED) is 0.465. The van der Waals surface area contributed by atoms with E-state index >= 15 is 0 Å². The lowest BCUT2D eigenvalue weighted by atomic mass is 10.2. The molecule has 0 N–H and O–H groups in total. The van der Waals surface area contributed by atoms with Gasteiger partial charge in [0.05, 0.1) is 4.90 Å². The molecule has 2 atom stereocenters. The Morgan fingerprint density at radius 1 is 1.11 bits per heavy atom. The molecular weight excluding hydrogens is 488 g/mol. The Kier molecular flexibility index (Phi) is 5.52. The number of sulfonamides is 1. The molecule has 1 aromatic carbocycles. The first-order valence-corrected chi connectivity index (χ1v) is 10.7. The van der Waals surface area contributed by atoms with Crippen LogP contribution in [-0.4, -0.2) is 33.7 Å². The molecule has 0 aromatic heterocycles. The van der Waals surface area contributed by atoms with Crippen LogP contribution in [0, 0.1) is 6.92 Å². The van der Waals surface area contributed by atoms with Crippen LogP contribution in [0.15, 0.2) is 29.2 Å². The molecule has 0 amide bonds. The van der Waals surface area contributed by atoms with Crippen LogP contribution in [0.1, 0.15) is 18.4 Å². The smallest absolute Gasteiger partial charge is 0.207 e. The van der Waals surface area contributed by atoms with Crippen molar-refractivity contribution in [3.8, 4) is 0 Å². The molecule has 0 spiro atoms. The van der Waals surface area contributed by atoms with E-state index in [1.54, 1.807) is 16.4 Å². The molecule has 1 aliphatic rings. The van der Waals surface area contributed by atoms with Crippen molar-refractivity contribution in [2.45, 2.75) is 36.7 Å². The molecule has 19 heavy (non-hydrogen) atoms. The van der Waals surface area contributed by atoms with Gasteiger partial charge in [0.15, 0.2) is 0 Å². The summed E-state index contributed by atoms with van der Waals surface area (Å²) in [5, 5.41) is 0. The fourth-order valence-electron chi connectivity index (χ4n) is 2.45. The molecule has 1 aromatic rings. The number of nitrogens with zero attached hydrogens (tertiary/aromatic N) is 1. The van der Waals surface area contributed by atoms with Gasteiger partial charge < -0.3 is 0 Å². The molecule has 2 rings (SSSR count). The number of hydrogen-bond acceptors (Lipinski definition) is 2. The van der Waals surface area contributed by atoms with Gasteiger partial charge in [-0.1, -0.05) is 62.9 Å². The normalized spacial score (nSPS) is 24.8. The number of alkyl halides is 2. The Labute approximate surface area is 142 Å². The summed E-state index contributed by atoms with van der Waals surface area (Å²) in [6.07, 6.45) is 1.95. The first-order chi connectivity index (χ1) is 9.00. The molecule has 1 saturated heterocycles. The summed E-state index contributed by atoms with van der Waals surface area (Å²) >= 11 is 4.57. The summed E-state index contributed by atoms with van der Waals surface area (Å²) < 4.78 is 29.1. The van der Waals surface area contributed by atoms with Gasteiger partial charge in [0.1, 0.15) is 0 Å². The summed E-state index contributed by atoms with van der Waals surface area (Å²) in [7, 11) is -3.35. The van der Waals surface area contributed by atoms with E-state index in [1.165, 1.54) is 0 Å². The van der Waals surface area contributed by atoms with Crippen LogP contribution in [0.25, 0.3) is 0 Å². The lowest BCUT2D eigenvalue weighted by Gasteiger charge is -2.27. The van der Waals surface area contributed by atoms with Crippen LogP contribution in [-0.2, 0) is 10.0 Å². The monoisotopic (exact) mass is 505 g/mol. The zero-order chi connectivity index (χ0) is 14.0. The summed E-state index contributed by atoms with van der Waals surface area (Å²) in [6.45, 7) is 1.97. The summed E-state index contributed by atoms with van der Waals surface area (Å²) in [5.41, 5.74) is 1.08. The number of aryl methyl sites for hydroxylation is 1. The van der Waals surface area contributed by atoms with E-state index in [-0.39, 0.29) is 12.1 Å². The second-order valence-electron chi connectivity index (χ2n) is 4.84. The third kappa shape index (κ3) is 3.26. The summed E-state index contributed by atoms with van der Waals surface area (Å²) in [5.74, 6) is 0. The highest BCUT2D eigenvalue weighted by Gasteiger charge is 2.40. The maximum atomic E-state index is 12.8. The molecule has 1 heterocycles. The van der Waals surface area contributed by atoms with Gasteiger partial charge in [-0.05, 0) is 31.9 Å². The highest BCUT2D eigenvalue weighted by Crippen LogP contribution is 2.33. The van der Waals surface area contributed by atoms with Gasteiger partial charge in [0.25, 0.3) is 0 Å². The van der Waals surface area contributed by atoms with Crippen molar-refractivity contribution < 1.29 is 8.42 Å². The van der Waals surface area contributed by atoms with Gasteiger partial charge in [-0.15, -0.1) is 0 Å². The van der Waals surface area contributed by atoms with E-state index in [9.17, 15) is 8.42 Å². The van der Waals surface area contributed by atoms with E-state index in [0.717, 1.165) is 27.3 Å². The molecular formula is C13H17I2NO2S. The molecule has 0 bridgehead atoms. The van der Waals surface area contributed by atoms with Gasteiger partial charge in [-0.2, -0.15) is 4.31 Å². The highest BCUT2D eigenvalue weighted by atomic mass is 127. The van der Waals surface area contributed by atoms with Crippen molar-refractivity contribution in [2.24, 2.45) is 0 Å². The predicted molar refractivity (Wildman–Crippen MR) is 94.8 cm³/mol. The van der Waals surface area contributed by atoms with Crippen molar-refractivity contribution in [2.75, 3.05) is 8.86 Å². The predicted octanol–water partition coefficient (Wildman–Crippen LogP) is 3.39. The van der Waals surface area contributed by atoms with Crippen LogP contribution < -0.4 is 0 Å². The van der Waals surface area contributed by atoms with Crippen LogP contribution >= 0.6 is 45.2 Å². The first-order valence-electron chi connectivity index (χ1n) is 6.23. The Balaban J connectivity index is 2.39. The summed E-state index contributed by atoms with van der Waals surface area (Å²) in [6, 6.07) is 7.45. The Hall–Kier alpha value is 0.590. The molecule has 3 nitrogen and oxygen atoms in total. The van der Waals surface area contributed by atoms with Crippen LogP contribution in [0.2, 0.25) is 0 Å². The lowest BCUT2D eigenvalue weighted by molar-refractivity contribution is 0.361. The first kappa shape index (κ1) is 16.0. The zero-order valence-corrected chi connectivity index (χ0v) is 15.9. The molecule has 1 aliphatic heterocycles. The fraction of sp³-hybridized carbons (Fsp3) is 0.538. The van der Waals surface area contributed by atoms with Gasteiger partial charge in [-0.3, -0.25) is 0 Å². The molecule has 1 fully saturated rings. The van der Waals surface area contributed by atoms with Crippen LogP contribution in [0.3, 0.4) is 0 Å². The SMILES string of the molecule is Cc1ccc(S(=O)(=O)N2[C@@H](CI)CC[C@@H]2CI)cc1. The molecule has 0 unspecified atom stereocenters.